The highest BCUT2D eigenvalue weighted by atomic mass is 19.4. The van der Waals surface area contributed by atoms with Crippen LogP contribution in [0.4, 0.5) is 18.9 Å². The van der Waals surface area contributed by atoms with E-state index in [2.05, 4.69) is 43.0 Å². The fraction of sp³-hybridized carbons (Fsp3) is 0.447. The number of ketones is 1. The molecule has 2 nitrogen and oxygen atoms in total. The molecule has 0 aliphatic heterocycles. The summed E-state index contributed by atoms with van der Waals surface area (Å²) in [7, 11) is 0. The van der Waals surface area contributed by atoms with Crippen LogP contribution in [0.15, 0.2) is 78.9 Å². The van der Waals surface area contributed by atoms with Crippen molar-refractivity contribution in [3.8, 4) is 0 Å². The fourth-order valence-electron chi connectivity index (χ4n) is 5.49. The summed E-state index contributed by atoms with van der Waals surface area (Å²) in [5.74, 6) is -1.82. The van der Waals surface area contributed by atoms with Crippen LogP contribution >= 0.6 is 0 Å². The van der Waals surface area contributed by atoms with Gasteiger partial charge in [0.25, 0.3) is 5.78 Å². The Morgan fingerprint density at radius 3 is 1.67 bits per heavy atom. The maximum absolute atomic E-state index is 13.1. The smallest absolute Gasteiger partial charge is 0.371 e. The number of benzene rings is 3. The van der Waals surface area contributed by atoms with Crippen molar-refractivity contribution in [1.82, 2.24) is 0 Å². The molecule has 0 unspecified atom stereocenters. The number of carbonyl (C=O) groups is 1. The zero-order chi connectivity index (χ0) is 30.9. The maximum Gasteiger partial charge on any atom is 0.454 e. The van der Waals surface area contributed by atoms with Gasteiger partial charge in [-0.05, 0) is 41.7 Å². The van der Waals surface area contributed by atoms with Crippen molar-refractivity contribution in [2.75, 3.05) is 18.0 Å². The molecule has 3 aromatic carbocycles. The molecule has 232 valence electrons. The summed E-state index contributed by atoms with van der Waals surface area (Å²) in [6.07, 6.45) is 12.0. The lowest BCUT2D eigenvalue weighted by atomic mass is 9.92. The molecule has 0 saturated heterocycles. The molecule has 0 radical (unpaired) electrons. The second-order valence-corrected chi connectivity index (χ2v) is 11.4. The topological polar surface area (TPSA) is 20.3 Å². The Hall–Kier alpha value is -3.34. The van der Waals surface area contributed by atoms with Crippen molar-refractivity contribution in [1.29, 1.82) is 0 Å². The summed E-state index contributed by atoms with van der Waals surface area (Å²) in [6.45, 7) is 6.41. The maximum atomic E-state index is 13.1. The van der Waals surface area contributed by atoms with E-state index < -0.39 is 12.0 Å². The predicted molar refractivity (Wildman–Crippen MR) is 176 cm³/mol. The van der Waals surface area contributed by atoms with Crippen LogP contribution in [0.5, 0.6) is 0 Å². The number of nitrogens with zero attached hydrogens (tertiary/aromatic N) is 1. The van der Waals surface area contributed by atoms with Crippen LogP contribution in [0.2, 0.25) is 0 Å². The number of rotatable bonds is 19. The quantitative estimate of drug-likeness (QED) is 0.0785. The van der Waals surface area contributed by atoms with E-state index in [0.29, 0.717) is 0 Å². The van der Waals surface area contributed by atoms with E-state index in [9.17, 15) is 18.0 Å². The Morgan fingerprint density at radius 1 is 0.628 bits per heavy atom. The lowest BCUT2D eigenvalue weighted by molar-refractivity contribution is -0.0885. The number of para-hydroxylation sites is 1. The summed E-state index contributed by atoms with van der Waals surface area (Å²) in [5.41, 5.74) is 4.52. The van der Waals surface area contributed by atoms with Gasteiger partial charge in [-0.15, -0.1) is 0 Å². The summed E-state index contributed by atoms with van der Waals surface area (Å²) >= 11 is 0. The molecular formula is C38H48F3NO. The van der Waals surface area contributed by atoms with Gasteiger partial charge < -0.3 is 4.90 Å². The number of Topliss-reactive ketones (excluding diaryl/α,β-unsaturated/α-hetero) is 1. The number of hydrogen-bond donors (Lipinski definition) is 0. The van der Waals surface area contributed by atoms with Gasteiger partial charge in [-0.25, -0.2) is 0 Å². The molecule has 0 bridgehead atoms. The van der Waals surface area contributed by atoms with Crippen LogP contribution in [-0.2, 0) is 0 Å². The van der Waals surface area contributed by atoms with Crippen molar-refractivity contribution in [2.24, 2.45) is 0 Å². The van der Waals surface area contributed by atoms with Gasteiger partial charge in [0, 0.05) is 29.9 Å². The first-order valence-corrected chi connectivity index (χ1v) is 16.2. The summed E-state index contributed by atoms with van der Waals surface area (Å²) < 4.78 is 39.3. The van der Waals surface area contributed by atoms with Gasteiger partial charge >= 0.3 is 6.18 Å². The molecule has 0 fully saturated rings. The third kappa shape index (κ3) is 11.3. The second-order valence-electron chi connectivity index (χ2n) is 11.4. The van der Waals surface area contributed by atoms with E-state index in [1.54, 1.807) is 12.1 Å². The molecule has 0 aromatic heterocycles. The zero-order valence-electron chi connectivity index (χ0n) is 26.0. The van der Waals surface area contributed by atoms with Gasteiger partial charge in [-0.3, -0.25) is 4.79 Å². The summed E-state index contributed by atoms with van der Waals surface area (Å²) in [4.78, 5) is 14.4. The van der Waals surface area contributed by atoms with Gasteiger partial charge in [-0.1, -0.05) is 151 Å². The van der Waals surface area contributed by atoms with Gasteiger partial charge in [0.15, 0.2) is 0 Å². The van der Waals surface area contributed by atoms with E-state index in [4.69, 9.17) is 0 Å². The highest BCUT2D eigenvalue weighted by molar-refractivity contribution is 6.01. The first-order valence-electron chi connectivity index (χ1n) is 16.2. The molecule has 0 atom stereocenters. The van der Waals surface area contributed by atoms with Crippen LogP contribution in [-0.4, -0.2) is 25.0 Å². The van der Waals surface area contributed by atoms with Crippen LogP contribution in [0.1, 0.15) is 118 Å². The van der Waals surface area contributed by atoms with Crippen LogP contribution in [0, 0.1) is 0 Å². The van der Waals surface area contributed by atoms with Crippen LogP contribution < -0.4 is 4.90 Å². The third-order valence-electron chi connectivity index (χ3n) is 7.92. The Morgan fingerprint density at radius 2 is 1.12 bits per heavy atom. The number of alkyl halides is 3. The fourth-order valence-corrected chi connectivity index (χ4v) is 5.49. The van der Waals surface area contributed by atoms with Gasteiger partial charge in [0.2, 0.25) is 0 Å². The average Bonchev–Trinajstić information content (AvgIpc) is 3.02. The van der Waals surface area contributed by atoms with E-state index in [1.165, 1.54) is 76.3 Å². The standard InChI is InChI=1S/C38H48F3NO/c1-3-5-7-9-11-18-28-42(29-19-12-10-8-6-4-2)36-23-17-16-22-34(36)35(30-31-20-14-13-15-21-31)32-24-26-33(27-25-32)37(43)38(39,40)41/h13-17,20-27,30H,3-12,18-19,28-29H2,1-2H3. The Bertz CT molecular complexity index is 1230. The van der Waals surface area contributed by atoms with Crippen molar-refractivity contribution >= 4 is 23.1 Å². The molecular weight excluding hydrogens is 543 g/mol. The lowest BCUT2D eigenvalue weighted by Gasteiger charge is -2.28. The van der Waals surface area contributed by atoms with Gasteiger partial charge in [0.05, 0.1) is 0 Å². The molecule has 0 saturated carbocycles. The minimum absolute atomic E-state index is 0.351. The molecule has 5 heteroatoms. The minimum atomic E-state index is -4.90. The Balaban J connectivity index is 1.96. The SMILES string of the molecule is CCCCCCCCN(CCCCCCCC)c1ccccc1C(=Cc1ccccc1)c1ccc(C(=O)C(F)(F)F)cc1. The van der Waals surface area contributed by atoms with Gasteiger partial charge in [-0.2, -0.15) is 13.2 Å². The molecule has 0 spiro atoms. The highest BCUT2D eigenvalue weighted by Gasteiger charge is 2.39. The largest absolute Gasteiger partial charge is 0.454 e. The average molecular weight is 592 g/mol. The van der Waals surface area contributed by atoms with E-state index >= 15 is 0 Å². The summed E-state index contributed by atoms with van der Waals surface area (Å²) in [6, 6.07) is 24.2. The Labute approximate surface area is 257 Å². The monoisotopic (exact) mass is 591 g/mol. The first-order chi connectivity index (χ1) is 20.8. The molecule has 3 rings (SSSR count). The molecule has 43 heavy (non-hydrogen) atoms. The highest BCUT2D eigenvalue weighted by Crippen LogP contribution is 2.35. The van der Waals surface area contributed by atoms with Crippen molar-refractivity contribution in [3.05, 3.63) is 101 Å². The van der Waals surface area contributed by atoms with Gasteiger partial charge in [0.1, 0.15) is 0 Å². The molecule has 0 amide bonds. The molecule has 3 aromatic rings. The van der Waals surface area contributed by atoms with Crippen LogP contribution in [0.3, 0.4) is 0 Å². The zero-order valence-corrected chi connectivity index (χ0v) is 26.0. The minimum Gasteiger partial charge on any atom is -0.371 e. The second kappa shape index (κ2) is 18.4. The molecule has 0 aliphatic rings. The summed E-state index contributed by atoms with van der Waals surface area (Å²) in [5, 5.41) is 0. The Kier molecular flexibility index (Phi) is 14.6. The number of unbranched alkanes of at least 4 members (excludes halogenated alkanes) is 10. The first kappa shape index (κ1) is 34.2. The van der Waals surface area contributed by atoms with Crippen molar-refractivity contribution < 1.29 is 18.0 Å². The number of anilines is 1. The van der Waals surface area contributed by atoms with Crippen LogP contribution in [0.25, 0.3) is 11.6 Å². The molecule has 0 heterocycles. The lowest BCUT2D eigenvalue weighted by Crippen LogP contribution is -2.27. The third-order valence-corrected chi connectivity index (χ3v) is 7.92. The van der Waals surface area contributed by atoms with E-state index in [0.717, 1.165) is 53.9 Å². The molecule has 0 aliphatic carbocycles. The number of halogens is 3. The normalized spacial score (nSPS) is 12.0. The predicted octanol–water partition coefficient (Wildman–Crippen LogP) is 11.5. The van der Waals surface area contributed by atoms with E-state index in [-0.39, 0.29) is 5.56 Å². The van der Waals surface area contributed by atoms with E-state index in [1.807, 2.05) is 36.4 Å². The van der Waals surface area contributed by atoms with Crippen molar-refractivity contribution in [2.45, 2.75) is 97.1 Å². The number of carbonyl (C=O) groups excluding carboxylic acids is 1. The number of hydrogen-bond acceptors (Lipinski definition) is 2. The molecule has 0 N–H and O–H groups in total. The van der Waals surface area contributed by atoms with Crippen molar-refractivity contribution in [3.63, 3.8) is 0 Å².